The van der Waals surface area contributed by atoms with Gasteiger partial charge in [-0.25, -0.2) is 4.79 Å². The zero-order valence-corrected chi connectivity index (χ0v) is 12.7. The van der Waals surface area contributed by atoms with Crippen molar-refractivity contribution in [2.75, 3.05) is 25.6 Å². The van der Waals surface area contributed by atoms with Gasteiger partial charge in [-0.15, -0.1) is 0 Å². The molecule has 1 saturated heterocycles. The predicted molar refractivity (Wildman–Crippen MR) is 82.7 cm³/mol. The van der Waals surface area contributed by atoms with Gasteiger partial charge in [0.25, 0.3) is 0 Å². The van der Waals surface area contributed by atoms with Crippen molar-refractivity contribution in [2.24, 2.45) is 0 Å². The van der Waals surface area contributed by atoms with Crippen molar-refractivity contribution in [1.29, 1.82) is 0 Å². The van der Waals surface area contributed by atoms with Gasteiger partial charge in [0, 0.05) is 17.8 Å². The van der Waals surface area contributed by atoms with Gasteiger partial charge in [-0.2, -0.15) is 0 Å². The highest BCUT2D eigenvalue weighted by atomic mass is 16.6. The highest BCUT2D eigenvalue weighted by Crippen LogP contribution is 2.18. The van der Waals surface area contributed by atoms with Gasteiger partial charge < -0.3 is 20.1 Å². The lowest BCUT2D eigenvalue weighted by atomic mass is 10.1. The van der Waals surface area contributed by atoms with Crippen LogP contribution in [0.4, 0.5) is 5.69 Å². The molecule has 5 heteroatoms. The van der Waals surface area contributed by atoms with Gasteiger partial charge in [0.1, 0.15) is 5.75 Å². The number of hydrogen-bond acceptors (Lipinski definition) is 5. The molecule has 0 bridgehead atoms. The smallest absolute Gasteiger partial charge is 0.343 e. The van der Waals surface area contributed by atoms with E-state index < -0.39 is 0 Å². The molecule has 0 saturated carbocycles. The largest absolute Gasteiger partial charge is 0.482 e. The van der Waals surface area contributed by atoms with Crippen LogP contribution in [0.15, 0.2) is 24.3 Å². The van der Waals surface area contributed by atoms with Crippen LogP contribution in [-0.4, -0.2) is 38.3 Å². The van der Waals surface area contributed by atoms with E-state index in [-0.39, 0.29) is 12.6 Å². The van der Waals surface area contributed by atoms with Gasteiger partial charge in [0.05, 0.1) is 7.11 Å². The van der Waals surface area contributed by atoms with Crippen LogP contribution in [0.5, 0.6) is 5.75 Å². The number of anilines is 1. The molecular formula is C16H24N2O3. The fraction of sp³-hybridized carbons (Fsp3) is 0.562. The second-order valence-corrected chi connectivity index (χ2v) is 5.46. The van der Waals surface area contributed by atoms with E-state index in [1.165, 1.54) is 20.0 Å². The molecule has 0 spiro atoms. The number of nitrogens with one attached hydrogen (secondary N) is 2. The standard InChI is InChI=1S/C16H24N2O3/c1-12(10-14-4-3-9-17-14)18-13-5-7-15(8-6-13)21-11-16(19)20-2/h5-8,12,14,17-18H,3-4,9-11H2,1-2H3. The van der Waals surface area contributed by atoms with Crippen LogP contribution in [0.2, 0.25) is 0 Å². The minimum absolute atomic E-state index is 0.0625. The molecule has 5 nitrogen and oxygen atoms in total. The summed E-state index contributed by atoms with van der Waals surface area (Å²) in [7, 11) is 1.35. The Morgan fingerprint density at radius 1 is 1.43 bits per heavy atom. The summed E-state index contributed by atoms with van der Waals surface area (Å²) >= 11 is 0. The molecule has 2 unspecified atom stereocenters. The molecule has 2 N–H and O–H groups in total. The lowest BCUT2D eigenvalue weighted by Gasteiger charge is -2.19. The van der Waals surface area contributed by atoms with Crippen LogP contribution in [-0.2, 0) is 9.53 Å². The Labute approximate surface area is 126 Å². The number of benzene rings is 1. The number of rotatable bonds is 7. The highest BCUT2D eigenvalue weighted by molar-refractivity contribution is 5.70. The fourth-order valence-electron chi connectivity index (χ4n) is 2.58. The van der Waals surface area contributed by atoms with E-state index in [1.54, 1.807) is 0 Å². The molecule has 2 rings (SSSR count). The van der Waals surface area contributed by atoms with Crippen molar-refractivity contribution >= 4 is 11.7 Å². The van der Waals surface area contributed by atoms with E-state index in [1.807, 2.05) is 24.3 Å². The summed E-state index contributed by atoms with van der Waals surface area (Å²) in [6, 6.07) is 8.69. The van der Waals surface area contributed by atoms with Gasteiger partial charge in [0.2, 0.25) is 0 Å². The van der Waals surface area contributed by atoms with Crippen LogP contribution in [0.1, 0.15) is 26.2 Å². The monoisotopic (exact) mass is 292 g/mol. The molecule has 116 valence electrons. The van der Waals surface area contributed by atoms with Crippen molar-refractivity contribution in [3.63, 3.8) is 0 Å². The van der Waals surface area contributed by atoms with Crippen molar-refractivity contribution in [2.45, 2.75) is 38.3 Å². The molecule has 0 amide bonds. The van der Waals surface area contributed by atoms with Crippen LogP contribution < -0.4 is 15.4 Å². The minimum Gasteiger partial charge on any atom is -0.482 e. The minimum atomic E-state index is -0.380. The number of esters is 1. The quantitative estimate of drug-likeness (QED) is 0.754. The second-order valence-electron chi connectivity index (χ2n) is 5.46. The third kappa shape index (κ3) is 5.27. The first kappa shape index (κ1) is 15.6. The molecule has 0 aliphatic carbocycles. The molecule has 1 heterocycles. The number of carbonyl (C=O) groups is 1. The zero-order valence-electron chi connectivity index (χ0n) is 12.7. The fourth-order valence-corrected chi connectivity index (χ4v) is 2.58. The first-order valence-electron chi connectivity index (χ1n) is 7.47. The Hall–Kier alpha value is -1.75. The van der Waals surface area contributed by atoms with Crippen molar-refractivity contribution in [1.82, 2.24) is 5.32 Å². The molecule has 1 aromatic rings. The Morgan fingerprint density at radius 2 is 2.19 bits per heavy atom. The molecular weight excluding hydrogens is 268 g/mol. The third-order valence-corrected chi connectivity index (χ3v) is 3.65. The summed E-state index contributed by atoms with van der Waals surface area (Å²) in [5, 5.41) is 7.00. The van der Waals surface area contributed by atoms with Crippen LogP contribution in [0, 0.1) is 0 Å². The summed E-state index contributed by atoms with van der Waals surface area (Å²) < 4.78 is 9.84. The molecule has 1 fully saturated rings. The van der Waals surface area contributed by atoms with Crippen LogP contribution >= 0.6 is 0 Å². The Balaban J connectivity index is 1.77. The third-order valence-electron chi connectivity index (χ3n) is 3.65. The normalized spacial score (nSPS) is 19.0. The molecule has 0 aromatic heterocycles. The molecule has 1 aromatic carbocycles. The van der Waals surface area contributed by atoms with Crippen LogP contribution in [0.3, 0.4) is 0 Å². The maximum Gasteiger partial charge on any atom is 0.343 e. The average Bonchev–Trinajstić information content (AvgIpc) is 2.99. The lowest BCUT2D eigenvalue weighted by Crippen LogP contribution is -2.29. The van der Waals surface area contributed by atoms with E-state index in [4.69, 9.17) is 4.74 Å². The summed E-state index contributed by atoms with van der Waals surface area (Å²) in [5.41, 5.74) is 1.06. The SMILES string of the molecule is COC(=O)COc1ccc(NC(C)CC2CCCN2)cc1. The average molecular weight is 292 g/mol. The van der Waals surface area contributed by atoms with E-state index in [2.05, 4.69) is 22.3 Å². The van der Waals surface area contributed by atoms with Gasteiger partial charge >= 0.3 is 5.97 Å². The summed E-state index contributed by atoms with van der Waals surface area (Å²) in [6.45, 7) is 3.28. The maximum absolute atomic E-state index is 11.0. The number of methoxy groups -OCH3 is 1. The Morgan fingerprint density at radius 3 is 2.81 bits per heavy atom. The van der Waals surface area contributed by atoms with E-state index >= 15 is 0 Å². The Bertz CT molecular complexity index is 441. The zero-order chi connectivity index (χ0) is 15.1. The van der Waals surface area contributed by atoms with Gasteiger partial charge in [-0.05, 0) is 57.0 Å². The van der Waals surface area contributed by atoms with E-state index in [0.717, 1.165) is 18.7 Å². The van der Waals surface area contributed by atoms with E-state index in [9.17, 15) is 4.79 Å². The summed E-state index contributed by atoms with van der Waals surface area (Å²) in [5.74, 6) is 0.283. The molecule has 0 radical (unpaired) electrons. The molecule has 1 aliphatic heterocycles. The van der Waals surface area contributed by atoms with Crippen LogP contribution in [0.25, 0.3) is 0 Å². The Kier molecular flexibility index (Phi) is 5.87. The number of carbonyl (C=O) groups excluding carboxylic acids is 1. The summed E-state index contributed by atoms with van der Waals surface area (Å²) in [6.07, 6.45) is 3.68. The molecule has 2 atom stereocenters. The molecule has 1 aliphatic rings. The molecule has 21 heavy (non-hydrogen) atoms. The number of hydrogen-bond donors (Lipinski definition) is 2. The van der Waals surface area contributed by atoms with Gasteiger partial charge in [0.15, 0.2) is 6.61 Å². The first-order chi connectivity index (χ1) is 10.2. The lowest BCUT2D eigenvalue weighted by molar-refractivity contribution is -0.142. The topological polar surface area (TPSA) is 59.6 Å². The predicted octanol–water partition coefficient (Wildman–Crippen LogP) is 2.18. The van der Waals surface area contributed by atoms with Crippen molar-refractivity contribution < 1.29 is 14.3 Å². The number of ether oxygens (including phenoxy) is 2. The maximum atomic E-state index is 11.0. The first-order valence-corrected chi connectivity index (χ1v) is 7.47. The van der Waals surface area contributed by atoms with Crippen molar-refractivity contribution in [3.8, 4) is 5.75 Å². The van der Waals surface area contributed by atoms with Gasteiger partial charge in [-0.3, -0.25) is 0 Å². The van der Waals surface area contributed by atoms with E-state index in [0.29, 0.717) is 17.8 Å². The van der Waals surface area contributed by atoms with Crippen molar-refractivity contribution in [3.05, 3.63) is 24.3 Å². The highest BCUT2D eigenvalue weighted by Gasteiger charge is 2.16. The summed E-state index contributed by atoms with van der Waals surface area (Å²) in [4.78, 5) is 11.0. The second kappa shape index (κ2) is 7.88. The van der Waals surface area contributed by atoms with Gasteiger partial charge in [-0.1, -0.05) is 0 Å².